The van der Waals surface area contributed by atoms with Crippen molar-refractivity contribution in [1.29, 1.82) is 0 Å². The zero-order chi connectivity index (χ0) is 12.9. The molecule has 0 atom stereocenters. The molecule has 0 aliphatic carbocycles. The van der Waals surface area contributed by atoms with Gasteiger partial charge in [-0.15, -0.1) is 0 Å². The molecule has 0 saturated carbocycles. The summed E-state index contributed by atoms with van der Waals surface area (Å²) in [5.74, 6) is -1.14. The Hall–Kier alpha value is -2.31. The zero-order valence-corrected chi connectivity index (χ0v) is 9.59. The van der Waals surface area contributed by atoms with E-state index < -0.39 is 17.2 Å². The quantitative estimate of drug-likeness (QED) is 0.708. The Bertz CT molecular complexity index is 747. The van der Waals surface area contributed by atoms with Crippen LogP contribution in [0.1, 0.15) is 10.5 Å². The Morgan fingerprint density at radius 1 is 1.12 bits per heavy atom. The maximum absolute atomic E-state index is 11.8. The van der Waals surface area contributed by atoms with Crippen molar-refractivity contribution >= 4 is 17.0 Å². The van der Waals surface area contributed by atoms with Crippen LogP contribution in [0, 0.1) is 0 Å². The number of nitrogens with zero attached hydrogens (tertiary/aromatic N) is 3. The highest BCUT2D eigenvalue weighted by molar-refractivity contribution is 5.93. The van der Waals surface area contributed by atoms with Gasteiger partial charge in [-0.3, -0.25) is 13.9 Å². The fraction of sp³-hybridized carbons (Fsp3) is 0.300. The number of aryl methyl sites for hydroxylation is 2. The molecule has 7 heteroatoms. The van der Waals surface area contributed by atoms with Crippen LogP contribution in [0.2, 0.25) is 0 Å². The van der Waals surface area contributed by atoms with Crippen molar-refractivity contribution < 1.29 is 9.90 Å². The average molecular weight is 237 g/mol. The lowest BCUT2D eigenvalue weighted by Gasteiger charge is -2.06. The number of fused-ring (bicyclic) bond motifs is 1. The summed E-state index contributed by atoms with van der Waals surface area (Å²) in [4.78, 5) is 34.5. The van der Waals surface area contributed by atoms with E-state index in [-0.39, 0.29) is 11.1 Å². The second-order valence-electron chi connectivity index (χ2n) is 3.84. The molecule has 0 radical (unpaired) electrons. The van der Waals surface area contributed by atoms with Gasteiger partial charge in [0.1, 0.15) is 11.3 Å². The van der Waals surface area contributed by atoms with E-state index in [0.717, 1.165) is 4.57 Å². The molecule has 2 aromatic rings. The molecule has 1 N–H and O–H groups in total. The van der Waals surface area contributed by atoms with Crippen molar-refractivity contribution in [2.45, 2.75) is 0 Å². The first-order valence-electron chi connectivity index (χ1n) is 4.85. The van der Waals surface area contributed by atoms with E-state index in [2.05, 4.69) is 0 Å². The van der Waals surface area contributed by atoms with E-state index in [1.54, 1.807) is 0 Å². The first-order chi connectivity index (χ1) is 7.86. The number of hydrogen-bond acceptors (Lipinski definition) is 3. The molecule has 0 fully saturated rings. The monoisotopic (exact) mass is 237 g/mol. The molecular formula is C10H11N3O4. The van der Waals surface area contributed by atoms with Crippen molar-refractivity contribution in [3.8, 4) is 0 Å². The summed E-state index contributed by atoms with van der Waals surface area (Å²) < 4.78 is 3.53. The van der Waals surface area contributed by atoms with Gasteiger partial charge in [0.25, 0.3) is 5.56 Å². The summed E-state index contributed by atoms with van der Waals surface area (Å²) in [6, 6.07) is 1.28. The normalized spacial score (nSPS) is 11.0. The van der Waals surface area contributed by atoms with E-state index >= 15 is 0 Å². The fourth-order valence-corrected chi connectivity index (χ4v) is 1.94. The Balaban J connectivity index is 3.14. The van der Waals surface area contributed by atoms with Crippen LogP contribution in [0.25, 0.3) is 11.0 Å². The van der Waals surface area contributed by atoms with Gasteiger partial charge >= 0.3 is 11.7 Å². The molecule has 0 aliphatic heterocycles. The fourth-order valence-electron chi connectivity index (χ4n) is 1.94. The number of carbonyl (C=O) groups is 1. The molecule has 90 valence electrons. The number of carboxylic acid groups (broad SMARTS) is 1. The molecular weight excluding hydrogens is 226 g/mol. The van der Waals surface area contributed by atoms with Gasteiger partial charge in [-0.1, -0.05) is 0 Å². The third kappa shape index (κ3) is 1.32. The van der Waals surface area contributed by atoms with Gasteiger partial charge in [-0.25, -0.2) is 9.59 Å². The van der Waals surface area contributed by atoms with Crippen LogP contribution in [0.5, 0.6) is 0 Å². The highest BCUT2D eigenvalue weighted by atomic mass is 16.4. The minimum atomic E-state index is -1.14. The second kappa shape index (κ2) is 3.34. The summed E-state index contributed by atoms with van der Waals surface area (Å²) in [6.45, 7) is 0. The molecule has 0 aromatic carbocycles. The minimum Gasteiger partial charge on any atom is -0.477 e. The standard InChI is InChI=1S/C10H11N3O4/c1-11-6(9(15)16)4-5-7(11)12(2)10(17)13(3)8(5)14/h4H,1-3H3,(H,15,16). The predicted octanol–water partition coefficient (Wildman–Crippen LogP) is -0.726. The van der Waals surface area contributed by atoms with Crippen molar-refractivity contribution in [3.05, 3.63) is 32.6 Å². The van der Waals surface area contributed by atoms with Gasteiger partial charge < -0.3 is 9.67 Å². The van der Waals surface area contributed by atoms with Crippen LogP contribution in [-0.2, 0) is 21.1 Å². The number of aromatic nitrogens is 3. The lowest BCUT2D eigenvalue weighted by molar-refractivity contribution is 0.0687. The van der Waals surface area contributed by atoms with Crippen LogP contribution in [-0.4, -0.2) is 24.8 Å². The van der Waals surface area contributed by atoms with Crippen LogP contribution in [0.4, 0.5) is 0 Å². The smallest absolute Gasteiger partial charge is 0.352 e. The molecule has 0 unspecified atom stereocenters. The largest absolute Gasteiger partial charge is 0.477 e. The summed E-state index contributed by atoms with van der Waals surface area (Å²) in [6.07, 6.45) is 0. The minimum absolute atomic E-state index is 0.0294. The number of aromatic carboxylic acids is 1. The topological polar surface area (TPSA) is 86.2 Å². The van der Waals surface area contributed by atoms with Gasteiger partial charge in [0.15, 0.2) is 0 Å². The van der Waals surface area contributed by atoms with Crippen molar-refractivity contribution in [1.82, 2.24) is 13.7 Å². The van der Waals surface area contributed by atoms with Crippen LogP contribution in [0.3, 0.4) is 0 Å². The molecule has 7 nitrogen and oxygen atoms in total. The average Bonchev–Trinajstić information content (AvgIpc) is 2.62. The molecule has 0 saturated heterocycles. The molecule has 2 heterocycles. The molecule has 0 amide bonds. The maximum atomic E-state index is 11.8. The van der Waals surface area contributed by atoms with Crippen molar-refractivity contribution in [2.75, 3.05) is 0 Å². The van der Waals surface area contributed by atoms with E-state index in [0.29, 0.717) is 5.65 Å². The summed E-state index contributed by atoms with van der Waals surface area (Å²) >= 11 is 0. The van der Waals surface area contributed by atoms with Gasteiger partial charge in [-0.2, -0.15) is 0 Å². The van der Waals surface area contributed by atoms with E-state index in [9.17, 15) is 14.4 Å². The van der Waals surface area contributed by atoms with Crippen molar-refractivity contribution in [2.24, 2.45) is 21.1 Å². The van der Waals surface area contributed by atoms with Crippen molar-refractivity contribution in [3.63, 3.8) is 0 Å². The highest BCUT2D eigenvalue weighted by Gasteiger charge is 2.18. The lowest BCUT2D eigenvalue weighted by Crippen LogP contribution is -2.37. The van der Waals surface area contributed by atoms with Gasteiger partial charge in [0.2, 0.25) is 0 Å². The number of hydrogen-bond donors (Lipinski definition) is 1. The van der Waals surface area contributed by atoms with Crippen LogP contribution < -0.4 is 11.2 Å². The summed E-state index contributed by atoms with van der Waals surface area (Å²) in [7, 11) is 4.36. The lowest BCUT2D eigenvalue weighted by atomic mass is 10.3. The van der Waals surface area contributed by atoms with E-state index in [1.165, 1.54) is 36.3 Å². The second-order valence-corrected chi connectivity index (χ2v) is 3.84. The summed E-state index contributed by atoms with van der Waals surface area (Å²) in [5, 5.41) is 9.19. The number of carboxylic acids is 1. The summed E-state index contributed by atoms with van der Waals surface area (Å²) in [5.41, 5.74) is -0.708. The first kappa shape index (κ1) is 11.2. The van der Waals surface area contributed by atoms with Gasteiger partial charge in [0.05, 0.1) is 5.39 Å². The maximum Gasteiger partial charge on any atom is 0.352 e. The first-order valence-corrected chi connectivity index (χ1v) is 4.85. The third-order valence-corrected chi connectivity index (χ3v) is 2.85. The zero-order valence-electron chi connectivity index (χ0n) is 9.59. The van der Waals surface area contributed by atoms with Gasteiger partial charge in [-0.05, 0) is 6.07 Å². The third-order valence-electron chi connectivity index (χ3n) is 2.85. The molecule has 0 spiro atoms. The molecule has 2 rings (SSSR count). The highest BCUT2D eigenvalue weighted by Crippen LogP contribution is 2.13. The van der Waals surface area contributed by atoms with Crippen LogP contribution >= 0.6 is 0 Å². The Morgan fingerprint density at radius 2 is 1.71 bits per heavy atom. The molecule has 0 aliphatic rings. The number of rotatable bonds is 1. The van der Waals surface area contributed by atoms with Gasteiger partial charge in [0, 0.05) is 21.1 Å². The Morgan fingerprint density at radius 3 is 2.24 bits per heavy atom. The van der Waals surface area contributed by atoms with E-state index in [4.69, 9.17) is 5.11 Å². The Kier molecular flexibility index (Phi) is 2.20. The van der Waals surface area contributed by atoms with Crippen LogP contribution in [0.15, 0.2) is 15.7 Å². The van der Waals surface area contributed by atoms with E-state index in [1.807, 2.05) is 0 Å². The SMILES string of the molecule is Cn1c(=O)c2cc(C(=O)O)n(C)c2n(C)c1=O. The molecule has 2 aromatic heterocycles. The molecule has 0 bridgehead atoms. The molecule has 17 heavy (non-hydrogen) atoms. The predicted molar refractivity (Wildman–Crippen MR) is 60.4 cm³/mol. The Labute approximate surface area is 95.1 Å².